The number of esters is 5. The van der Waals surface area contributed by atoms with Gasteiger partial charge < -0.3 is 47.0 Å². The molecule has 16 nitrogen and oxygen atoms in total. The molecule has 0 spiro atoms. The van der Waals surface area contributed by atoms with Crippen LogP contribution in [0.3, 0.4) is 0 Å². The molecular formula is C40H38O16. The molecule has 0 aliphatic carbocycles. The van der Waals surface area contributed by atoms with Crippen LogP contribution >= 0.6 is 0 Å². The van der Waals surface area contributed by atoms with Crippen molar-refractivity contribution in [1.82, 2.24) is 0 Å². The normalized spacial score (nSPS) is 24.6. The van der Waals surface area contributed by atoms with Crippen LogP contribution < -0.4 is 10.4 Å². The van der Waals surface area contributed by atoms with Gasteiger partial charge in [0.25, 0.3) is 0 Å². The van der Waals surface area contributed by atoms with Crippen molar-refractivity contribution in [1.29, 1.82) is 0 Å². The fourth-order valence-corrected chi connectivity index (χ4v) is 6.27. The molecule has 2 aliphatic heterocycles. The number of benzene rings is 3. The van der Waals surface area contributed by atoms with Gasteiger partial charge in [-0.3, -0.25) is 14.4 Å². The van der Waals surface area contributed by atoms with Crippen molar-refractivity contribution in [2.75, 3.05) is 13.2 Å². The van der Waals surface area contributed by atoms with Crippen LogP contribution in [0.5, 0.6) is 5.75 Å². The first kappa shape index (κ1) is 39.6. The highest BCUT2D eigenvalue weighted by Crippen LogP contribution is 2.33. The molecule has 16 heteroatoms. The Bertz CT molecular complexity index is 2120. The second-order valence-corrected chi connectivity index (χ2v) is 12.9. The van der Waals surface area contributed by atoms with E-state index in [0.29, 0.717) is 10.9 Å². The summed E-state index contributed by atoms with van der Waals surface area (Å²) >= 11 is 0. The Balaban J connectivity index is 1.38. The molecular weight excluding hydrogens is 736 g/mol. The van der Waals surface area contributed by atoms with Crippen molar-refractivity contribution in [3.8, 4) is 5.75 Å². The fourth-order valence-electron chi connectivity index (χ4n) is 6.27. The third-order valence-electron chi connectivity index (χ3n) is 8.68. The van der Waals surface area contributed by atoms with Crippen molar-refractivity contribution in [2.45, 2.75) is 76.9 Å². The highest BCUT2D eigenvalue weighted by atomic mass is 16.8. The van der Waals surface area contributed by atoms with Gasteiger partial charge >= 0.3 is 35.5 Å². The molecule has 0 amide bonds. The summed E-state index contributed by atoms with van der Waals surface area (Å²) in [4.78, 5) is 76.0. The second kappa shape index (κ2) is 17.6. The molecule has 1 aromatic heterocycles. The number of aryl methyl sites for hydroxylation is 1. The zero-order valence-corrected chi connectivity index (χ0v) is 30.6. The van der Waals surface area contributed by atoms with Crippen LogP contribution in [0.15, 0.2) is 94.1 Å². The minimum absolute atomic E-state index is 0.147. The molecule has 56 heavy (non-hydrogen) atoms. The van der Waals surface area contributed by atoms with Crippen molar-refractivity contribution in [3.63, 3.8) is 0 Å². The van der Waals surface area contributed by atoms with Gasteiger partial charge in [0.05, 0.1) is 24.3 Å². The van der Waals surface area contributed by atoms with E-state index < -0.39 is 91.3 Å². The Morgan fingerprint density at radius 1 is 0.589 bits per heavy atom. The van der Waals surface area contributed by atoms with Crippen molar-refractivity contribution in [3.05, 3.63) is 112 Å². The Kier molecular flexibility index (Phi) is 12.4. The molecule has 0 radical (unpaired) electrons. The maximum atomic E-state index is 13.7. The first-order valence-corrected chi connectivity index (χ1v) is 17.5. The molecule has 0 N–H and O–H groups in total. The summed E-state index contributed by atoms with van der Waals surface area (Å²) in [7, 11) is 0. The zero-order valence-electron chi connectivity index (χ0n) is 30.6. The largest absolute Gasteiger partial charge is 0.461 e. The van der Waals surface area contributed by atoms with E-state index in [1.165, 1.54) is 36.4 Å². The fraction of sp³-hybridized carbons (Fsp3) is 0.350. The molecule has 2 fully saturated rings. The van der Waals surface area contributed by atoms with Crippen molar-refractivity contribution >= 4 is 40.8 Å². The molecule has 6 rings (SSSR count). The molecule has 0 bridgehead atoms. The second-order valence-electron chi connectivity index (χ2n) is 12.9. The van der Waals surface area contributed by atoms with Crippen LogP contribution in [0, 0.1) is 6.92 Å². The summed E-state index contributed by atoms with van der Waals surface area (Å²) in [5.74, 6) is -3.83. The Morgan fingerprint density at radius 2 is 1.11 bits per heavy atom. The Hall–Kier alpha value is -6.10. The van der Waals surface area contributed by atoms with Crippen molar-refractivity contribution in [2.24, 2.45) is 0 Å². The summed E-state index contributed by atoms with van der Waals surface area (Å²) < 4.78 is 58.3. The van der Waals surface area contributed by atoms with Gasteiger partial charge in [-0.25, -0.2) is 14.4 Å². The zero-order chi connectivity index (χ0) is 39.9. The number of hydrogen-bond donors (Lipinski definition) is 0. The molecule has 4 aromatic rings. The Morgan fingerprint density at radius 3 is 1.71 bits per heavy atom. The van der Waals surface area contributed by atoms with Crippen molar-refractivity contribution < 1.29 is 71.0 Å². The van der Waals surface area contributed by atoms with E-state index in [4.69, 9.17) is 47.0 Å². The number of carbonyl (C=O) groups excluding carboxylic acids is 5. The van der Waals surface area contributed by atoms with E-state index in [9.17, 15) is 28.8 Å². The van der Waals surface area contributed by atoms with Crippen LogP contribution in [-0.4, -0.2) is 92.3 Å². The minimum atomic E-state index is -1.55. The first-order chi connectivity index (χ1) is 26.9. The lowest BCUT2D eigenvalue weighted by Crippen LogP contribution is -2.63. The highest BCUT2D eigenvalue weighted by Gasteiger charge is 2.53. The maximum Gasteiger partial charge on any atom is 0.338 e. The third kappa shape index (κ3) is 9.57. The van der Waals surface area contributed by atoms with Gasteiger partial charge in [0.15, 0.2) is 30.7 Å². The predicted octanol–water partition coefficient (Wildman–Crippen LogP) is 3.82. The minimum Gasteiger partial charge on any atom is -0.461 e. The van der Waals surface area contributed by atoms with Gasteiger partial charge in [0.2, 0.25) is 12.4 Å². The van der Waals surface area contributed by atoms with Gasteiger partial charge in [-0.2, -0.15) is 0 Å². The maximum absolute atomic E-state index is 13.7. The summed E-state index contributed by atoms with van der Waals surface area (Å²) in [6.45, 7) is 4.36. The predicted molar refractivity (Wildman–Crippen MR) is 190 cm³/mol. The average Bonchev–Trinajstić information content (AvgIpc) is 3.15. The van der Waals surface area contributed by atoms with Gasteiger partial charge in [0, 0.05) is 38.3 Å². The van der Waals surface area contributed by atoms with Gasteiger partial charge in [0.1, 0.15) is 17.4 Å². The number of carbonyl (C=O) groups is 5. The van der Waals surface area contributed by atoms with Crippen LogP contribution in [0.1, 0.15) is 47.1 Å². The number of rotatable bonds is 11. The van der Waals surface area contributed by atoms with Gasteiger partial charge in [-0.05, 0) is 48.9 Å². The van der Waals surface area contributed by atoms with Gasteiger partial charge in [-0.1, -0.05) is 36.4 Å². The molecule has 2 saturated heterocycles. The molecule has 3 heterocycles. The smallest absolute Gasteiger partial charge is 0.338 e. The highest BCUT2D eigenvalue weighted by molar-refractivity contribution is 5.90. The topological polar surface area (TPSA) is 199 Å². The van der Waals surface area contributed by atoms with E-state index in [1.54, 1.807) is 55.5 Å². The van der Waals surface area contributed by atoms with E-state index in [0.717, 1.165) is 20.8 Å². The summed E-state index contributed by atoms with van der Waals surface area (Å²) in [5, 5.41) is 0.648. The third-order valence-corrected chi connectivity index (χ3v) is 8.68. The number of ether oxygens (including phenoxy) is 9. The lowest BCUT2D eigenvalue weighted by molar-refractivity contribution is -0.322. The molecule has 3 aromatic carbocycles. The number of fused-ring (bicyclic) bond motifs is 1. The molecule has 2 aliphatic rings. The summed E-state index contributed by atoms with van der Waals surface area (Å²) in [5.41, 5.74) is 0.614. The lowest BCUT2D eigenvalue weighted by Gasteiger charge is -2.44. The van der Waals surface area contributed by atoms with E-state index >= 15 is 0 Å². The van der Waals surface area contributed by atoms with E-state index in [-0.39, 0.29) is 29.1 Å². The van der Waals surface area contributed by atoms with E-state index in [1.807, 2.05) is 0 Å². The Labute approximate surface area is 319 Å². The van der Waals surface area contributed by atoms with Crippen LogP contribution in [0.2, 0.25) is 0 Å². The summed E-state index contributed by atoms with van der Waals surface area (Å²) in [6, 6.07) is 22.1. The van der Waals surface area contributed by atoms with Gasteiger partial charge in [-0.15, -0.1) is 0 Å². The van der Waals surface area contributed by atoms with Crippen LogP contribution in [0.4, 0.5) is 0 Å². The lowest BCUT2D eigenvalue weighted by atomic mass is 10.0. The van der Waals surface area contributed by atoms with Crippen LogP contribution in [0.25, 0.3) is 11.0 Å². The number of hydrogen-bond acceptors (Lipinski definition) is 16. The average molecular weight is 775 g/mol. The monoisotopic (exact) mass is 774 g/mol. The first-order valence-electron chi connectivity index (χ1n) is 17.5. The molecule has 0 saturated carbocycles. The van der Waals surface area contributed by atoms with Crippen LogP contribution in [-0.2, 0) is 52.3 Å². The quantitative estimate of drug-likeness (QED) is 0.121. The SMILES string of the molecule is CC(=O)O[C@@H]1[C@@H](OC(C)=O)[C@H](O[C@@H]2CO[C@@H](Oc3ccc4c(C)cc(=O)oc4c3)[C@H](OC(=O)c3ccccc3)[C@H]2OC(=O)c2ccccc2)OC[C@H]1OC(C)=O. The van der Waals surface area contributed by atoms with E-state index in [2.05, 4.69) is 0 Å². The molecule has 8 atom stereocenters. The molecule has 294 valence electrons. The molecule has 0 unspecified atom stereocenters. The summed E-state index contributed by atoms with van der Waals surface area (Å²) in [6.07, 6.45) is -11.5. The standard InChI is InChI=1S/C40H38O16/c1-21-17-32(44)53-29-18-27(15-16-28(21)29)52-39-36(56-38(46)26-13-9-6-10-14-26)34(55-37(45)25-11-7-5-8-12-25)31(20-47-39)54-40-35(51-24(4)43)33(50-23(3)42)30(19-48-40)49-22(2)41/h5-18,30-31,33-36,39-40H,19-20H2,1-4H3/t30-,31-,33+,34+,35-,36-,39+,40+/m1/s1.